The maximum Gasteiger partial charge on any atom is 0.314 e. The molecule has 0 saturated carbocycles. The van der Waals surface area contributed by atoms with Crippen LogP contribution in [0.2, 0.25) is 0 Å². The number of sulfone groups is 1. The van der Waals surface area contributed by atoms with Crippen LogP contribution in [0, 0.1) is 0 Å². The van der Waals surface area contributed by atoms with E-state index in [1.807, 2.05) is 0 Å². The molecule has 0 bridgehead atoms. The van der Waals surface area contributed by atoms with E-state index in [-0.39, 0.29) is 12.1 Å². The first kappa shape index (κ1) is 9.72. The number of amides is 1. The monoisotopic (exact) mass is 204 g/mol. The molecule has 1 aromatic rings. The van der Waals surface area contributed by atoms with Gasteiger partial charge in [0.1, 0.15) is 6.26 Å². The zero-order valence-electron chi connectivity index (χ0n) is 6.85. The molecule has 2 N–H and O–H groups in total. The topological polar surface area (TPSA) is 103 Å². The molecule has 0 unspecified atom stereocenters. The van der Waals surface area contributed by atoms with Gasteiger partial charge >= 0.3 is 5.22 Å². The Kier molecular flexibility index (Phi) is 2.37. The van der Waals surface area contributed by atoms with Crippen molar-refractivity contribution in [2.45, 2.75) is 11.6 Å². The van der Waals surface area contributed by atoms with Crippen LogP contribution in [-0.2, 0) is 21.1 Å². The minimum Gasteiger partial charge on any atom is -0.436 e. The fourth-order valence-electron chi connectivity index (χ4n) is 0.718. The molecule has 13 heavy (non-hydrogen) atoms. The van der Waals surface area contributed by atoms with Crippen LogP contribution in [0.5, 0.6) is 0 Å². The van der Waals surface area contributed by atoms with E-state index in [4.69, 9.17) is 5.73 Å². The summed E-state index contributed by atoms with van der Waals surface area (Å²) in [4.78, 5) is 14.0. The quantitative estimate of drug-likeness (QED) is 0.687. The molecule has 1 amide bonds. The highest BCUT2D eigenvalue weighted by molar-refractivity contribution is 7.90. The summed E-state index contributed by atoms with van der Waals surface area (Å²) in [5.74, 6) is -0.589. The van der Waals surface area contributed by atoms with Crippen molar-refractivity contribution in [3.05, 3.63) is 12.0 Å². The number of nitrogens with zero attached hydrogens (tertiary/aromatic N) is 1. The van der Waals surface area contributed by atoms with E-state index in [2.05, 4.69) is 9.40 Å². The first-order valence-electron chi connectivity index (χ1n) is 3.32. The number of rotatable bonds is 3. The van der Waals surface area contributed by atoms with Gasteiger partial charge in [-0.2, -0.15) is 0 Å². The summed E-state index contributed by atoms with van der Waals surface area (Å²) in [7, 11) is -3.45. The van der Waals surface area contributed by atoms with Crippen LogP contribution in [-0.4, -0.2) is 25.6 Å². The van der Waals surface area contributed by atoms with Crippen LogP contribution >= 0.6 is 0 Å². The van der Waals surface area contributed by atoms with Crippen LogP contribution < -0.4 is 5.73 Å². The number of aromatic nitrogens is 1. The van der Waals surface area contributed by atoms with Crippen molar-refractivity contribution in [2.75, 3.05) is 6.26 Å². The smallest absolute Gasteiger partial charge is 0.314 e. The molecule has 6 nitrogen and oxygen atoms in total. The van der Waals surface area contributed by atoms with E-state index >= 15 is 0 Å². The Balaban J connectivity index is 2.94. The highest BCUT2D eigenvalue weighted by Crippen LogP contribution is 2.08. The van der Waals surface area contributed by atoms with Crippen molar-refractivity contribution in [2.24, 2.45) is 5.73 Å². The summed E-state index contributed by atoms with van der Waals surface area (Å²) in [6, 6.07) is 0. The molecule has 1 rings (SSSR count). The van der Waals surface area contributed by atoms with Crippen molar-refractivity contribution >= 4 is 15.7 Å². The van der Waals surface area contributed by atoms with E-state index in [0.717, 1.165) is 12.5 Å². The van der Waals surface area contributed by atoms with Crippen molar-refractivity contribution in [3.63, 3.8) is 0 Å². The van der Waals surface area contributed by atoms with Crippen molar-refractivity contribution < 1.29 is 17.6 Å². The van der Waals surface area contributed by atoms with Crippen molar-refractivity contribution in [1.82, 2.24) is 4.98 Å². The lowest BCUT2D eigenvalue weighted by Gasteiger charge is -1.87. The molecule has 0 fully saturated rings. The Morgan fingerprint density at radius 3 is 2.69 bits per heavy atom. The van der Waals surface area contributed by atoms with Crippen LogP contribution in [0.4, 0.5) is 0 Å². The summed E-state index contributed by atoms with van der Waals surface area (Å²) in [6.07, 6.45) is 1.94. The molecule has 0 aliphatic heterocycles. The summed E-state index contributed by atoms with van der Waals surface area (Å²) >= 11 is 0. The largest absolute Gasteiger partial charge is 0.436 e. The van der Waals surface area contributed by atoms with Crippen molar-refractivity contribution in [3.8, 4) is 0 Å². The predicted octanol–water partition coefficient (Wildman–Crippen LogP) is -0.894. The molecule has 0 aliphatic rings. The van der Waals surface area contributed by atoms with Gasteiger partial charge in [0.05, 0.1) is 12.1 Å². The summed E-state index contributed by atoms with van der Waals surface area (Å²) in [6.45, 7) is 0. The second-order valence-corrected chi connectivity index (χ2v) is 4.41. The molecule has 72 valence electrons. The van der Waals surface area contributed by atoms with E-state index in [9.17, 15) is 13.2 Å². The summed E-state index contributed by atoms with van der Waals surface area (Å²) < 4.78 is 26.3. The van der Waals surface area contributed by atoms with E-state index < -0.39 is 21.0 Å². The van der Waals surface area contributed by atoms with Gasteiger partial charge in [0.15, 0.2) is 0 Å². The van der Waals surface area contributed by atoms with E-state index in [0.29, 0.717) is 0 Å². The molecule has 7 heteroatoms. The average Bonchev–Trinajstić information content (AvgIpc) is 2.32. The molecular formula is C6H8N2O4S. The van der Waals surface area contributed by atoms with Crippen LogP contribution in [0.25, 0.3) is 0 Å². The van der Waals surface area contributed by atoms with Gasteiger partial charge in [0.25, 0.3) is 0 Å². The highest BCUT2D eigenvalue weighted by atomic mass is 32.2. The standard InChI is InChI=1S/C6H8N2O4S/c1-13(10,11)6-8-4(3-12-6)2-5(7)9/h3H,2H2,1H3,(H2,7,9). The maximum atomic E-state index is 10.9. The number of hydrogen-bond acceptors (Lipinski definition) is 5. The number of carbonyl (C=O) groups excluding carboxylic acids is 1. The molecule has 0 aromatic carbocycles. The zero-order chi connectivity index (χ0) is 10.1. The molecule has 1 heterocycles. The summed E-state index contributed by atoms with van der Waals surface area (Å²) in [5.41, 5.74) is 5.09. The van der Waals surface area contributed by atoms with Gasteiger partial charge in [-0.25, -0.2) is 13.4 Å². The van der Waals surface area contributed by atoms with Crippen LogP contribution in [0.15, 0.2) is 15.9 Å². The SMILES string of the molecule is CS(=O)(=O)c1nc(CC(N)=O)co1. The molecule has 0 saturated heterocycles. The number of primary amides is 1. The second-order valence-electron chi connectivity index (χ2n) is 2.52. The lowest BCUT2D eigenvalue weighted by atomic mass is 10.3. The highest BCUT2D eigenvalue weighted by Gasteiger charge is 2.15. The number of carbonyl (C=O) groups is 1. The fraction of sp³-hybridized carbons (Fsp3) is 0.333. The normalized spacial score (nSPS) is 11.5. The summed E-state index contributed by atoms with van der Waals surface area (Å²) in [5, 5.41) is -0.399. The van der Waals surface area contributed by atoms with Crippen LogP contribution in [0.3, 0.4) is 0 Å². The van der Waals surface area contributed by atoms with Gasteiger partial charge in [0.2, 0.25) is 15.7 Å². The third-order valence-electron chi connectivity index (χ3n) is 1.20. The minimum atomic E-state index is -3.45. The molecular weight excluding hydrogens is 196 g/mol. The van der Waals surface area contributed by atoms with Gasteiger partial charge in [-0.15, -0.1) is 0 Å². The Labute approximate surface area is 74.7 Å². The van der Waals surface area contributed by atoms with Gasteiger partial charge in [-0.05, 0) is 0 Å². The Morgan fingerprint density at radius 1 is 1.69 bits per heavy atom. The third-order valence-corrected chi connectivity index (χ3v) is 2.03. The van der Waals surface area contributed by atoms with Gasteiger partial charge in [0, 0.05) is 6.26 Å². The number of oxazole rings is 1. The Morgan fingerprint density at radius 2 is 2.31 bits per heavy atom. The zero-order valence-corrected chi connectivity index (χ0v) is 7.67. The fourth-order valence-corrected chi connectivity index (χ4v) is 1.22. The molecule has 0 radical (unpaired) electrons. The number of nitrogens with two attached hydrogens (primary N) is 1. The lowest BCUT2D eigenvalue weighted by molar-refractivity contribution is -0.117. The molecule has 0 atom stereocenters. The maximum absolute atomic E-state index is 10.9. The predicted molar refractivity (Wildman–Crippen MR) is 42.5 cm³/mol. The molecule has 1 aromatic heterocycles. The van der Waals surface area contributed by atoms with Crippen LogP contribution in [0.1, 0.15) is 5.69 Å². The first-order valence-corrected chi connectivity index (χ1v) is 5.21. The Hall–Kier alpha value is -1.37. The second kappa shape index (κ2) is 3.17. The van der Waals surface area contributed by atoms with Gasteiger partial charge in [-0.1, -0.05) is 0 Å². The van der Waals surface area contributed by atoms with Gasteiger partial charge < -0.3 is 10.2 Å². The average molecular weight is 204 g/mol. The Bertz CT molecular complexity index is 420. The molecule has 0 spiro atoms. The number of hydrogen-bond donors (Lipinski definition) is 1. The van der Waals surface area contributed by atoms with Crippen molar-refractivity contribution in [1.29, 1.82) is 0 Å². The van der Waals surface area contributed by atoms with Gasteiger partial charge in [-0.3, -0.25) is 4.79 Å². The van der Waals surface area contributed by atoms with E-state index in [1.165, 1.54) is 0 Å². The first-order chi connectivity index (χ1) is 5.89. The third kappa shape index (κ3) is 2.55. The molecule has 0 aliphatic carbocycles. The lowest BCUT2D eigenvalue weighted by Crippen LogP contribution is -2.13. The minimum absolute atomic E-state index is 0.126. The van der Waals surface area contributed by atoms with E-state index in [1.54, 1.807) is 0 Å².